The first kappa shape index (κ1) is 8.27. The first-order valence-electron chi connectivity index (χ1n) is 2.85. The van der Waals surface area contributed by atoms with Gasteiger partial charge in [-0.3, -0.25) is 0 Å². The summed E-state index contributed by atoms with van der Waals surface area (Å²) in [7, 11) is 0. The van der Waals surface area contributed by atoms with Crippen molar-refractivity contribution in [1.29, 1.82) is 0 Å². The molecule has 9 heavy (non-hydrogen) atoms. The van der Waals surface area contributed by atoms with E-state index < -0.39 is 5.60 Å². The van der Waals surface area contributed by atoms with Gasteiger partial charge in [-0.15, -0.1) is 0 Å². The van der Waals surface area contributed by atoms with Gasteiger partial charge in [-0.05, 0) is 18.9 Å². The van der Waals surface area contributed by atoms with Gasteiger partial charge in [-0.1, -0.05) is 12.0 Å². The number of azide groups is 1. The van der Waals surface area contributed by atoms with Gasteiger partial charge in [0, 0.05) is 4.91 Å². The standard InChI is InChI=1S/C5H11N3O/c1-3-5(2,9)4-7-8-6/h9H,3-4H2,1-2H3/t5-/m1/s1. The van der Waals surface area contributed by atoms with Crippen LogP contribution in [0.3, 0.4) is 0 Å². The van der Waals surface area contributed by atoms with Crippen molar-refractivity contribution in [3.8, 4) is 0 Å². The third-order valence-corrected chi connectivity index (χ3v) is 1.24. The molecule has 1 N–H and O–H groups in total. The highest BCUT2D eigenvalue weighted by Gasteiger charge is 2.14. The van der Waals surface area contributed by atoms with Crippen molar-refractivity contribution in [3.63, 3.8) is 0 Å². The summed E-state index contributed by atoms with van der Waals surface area (Å²) >= 11 is 0. The highest BCUT2D eigenvalue weighted by Crippen LogP contribution is 2.07. The fourth-order valence-electron chi connectivity index (χ4n) is 0.296. The van der Waals surface area contributed by atoms with Crippen LogP contribution in [0.1, 0.15) is 20.3 Å². The van der Waals surface area contributed by atoms with E-state index in [0.29, 0.717) is 6.42 Å². The van der Waals surface area contributed by atoms with Gasteiger partial charge in [0.05, 0.1) is 12.1 Å². The van der Waals surface area contributed by atoms with E-state index in [4.69, 9.17) is 5.53 Å². The molecule has 0 saturated heterocycles. The van der Waals surface area contributed by atoms with Gasteiger partial charge >= 0.3 is 0 Å². The Bertz CT molecular complexity index is 126. The number of hydrogen-bond donors (Lipinski definition) is 1. The predicted octanol–water partition coefficient (Wildman–Crippen LogP) is 1.46. The Morgan fingerprint density at radius 2 is 2.33 bits per heavy atom. The average Bonchev–Trinajstić information content (AvgIpc) is 1.84. The fraction of sp³-hybridized carbons (Fsp3) is 1.00. The Balaban J connectivity index is 3.71. The molecule has 0 aromatic carbocycles. The van der Waals surface area contributed by atoms with Crippen LogP contribution in [0.15, 0.2) is 5.11 Å². The molecule has 0 aliphatic heterocycles. The molecule has 0 saturated carbocycles. The van der Waals surface area contributed by atoms with Crippen LogP contribution in [0.4, 0.5) is 0 Å². The van der Waals surface area contributed by atoms with Gasteiger partial charge < -0.3 is 5.11 Å². The second-order valence-corrected chi connectivity index (χ2v) is 2.24. The van der Waals surface area contributed by atoms with Gasteiger partial charge in [0.25, 0.3) is 0 Å². The molecule has 0 fully saturated rings. The number of rotatable bonds is 3. The zero-order valence-electron chi connectivity index (χ0n) is 5.70. The van der Waals surface area contributed by atoms with Crippen LogP contribution in [-0.4, -0.2) is 17.3 Å². The fourth-order valence-corrected chi connectivity index (χ4v) is 0.296. The second kappa shape index (κ2) is 3.33. The smallest absolute Gasteiger partial charge is 0.0673 e. The first-order chi connectivity index (χ1) is 4.12. The average molecular weight is 129 g/mol. The van der Waals surface area contributed by atoms with Crippen molar-refractivity contribution in [1.82, 2.24) is 0 Å². The third-order valence-electron chi connectivity index (χ3n) is 1.24. The summed E-state index contributed by atoms with van der Waals surface area (Å²) in [5.74, 6) is 0. The molecule has 0 unspecified atom stereocenters. The van der Waals surface area contributed by atoms with Gasteiger partial charge in [-0.2, -0.15) is 0 Å². The Labute approximate surface area is 54.1 Å². The quantitative estimate of drug-likeness (QED) is 0.350. The van der Waals surface area contributed by atoms with Crippen molar-refractivity contribution in [2.45, 2.75) is 25.9 Å². The van der Waals surface area contributed by atoms with Crippen molar-refractivity contribution in [3.05, 3.63) is 10.4 Å². The van der Waals surface area contributed by atoms with Crippen molar-refractivity contribution in [2.24, 2.45) is 5.11 Å². The van der Waals surface area contributed by atoms with E-state index in [2.05, 4.69) is 10.0 Å². The molecule has 4 heteroatoms. The molecule has 4 nitrogen and oxygen atoms in total. The van der Waals surface area contributed by atoms with Crippen LogP contribution < -0.4 is 0 Å². The van der Waals surface area contributed by atoms with Crippen molar-refractivity contribution in [2.75, 3.05) is 6.54 Å². The highest BCUT2D eigenvalue weighted by atomic mass is 16.3. The van der Waals surface area contributed by atoms with Crippen LogP contribution in [-0.2, 0) is 0 Å². The SMILES string of the molecule is CC[C@@](C)(O)CN=[N+]=[N-]. The zero-order valence-corrected chi connectivity index (χ0v) is 5.70. The van der Waals surface area contributed by atoms with Crippen molar-refractivity contribution >= 4 is 0 Å². The molecule has 0 aliphatic carbocycles. The summed E-state index contributed by atoms with van der Waals surface area (Å²) in [6.07, 6.45) is 0.603. The minimum absolute atomic E-state index is 0.153. The summed E-state index contributed by atoms with van der Waals surface area (Å²) in [5.41, 5.74) is 7.05. The van der Waals surface area contributed by atoms with E-state index >= 15 is 0 Å². The summed E-state index contributed by atoms with van der Waals surface area (Å²) in [6.45, 7) is 3.63. The lowest BCUT2D eigenvalue weighted by molar-refractivity contribution is 0.0654. The molecule has 52 valence electrons. The van der Waals surface area contributed by atoms with Gasteiger partial charge in [0.15, 0.2) is 0 Å². The first-order valence-corrected chi connectivity index (χ1v) is 2.85. The maximum atomic E-state index is 9.19. The van der Waals surface area contributed by atoms with Gasteiger partial charge in [-0.25, -0.2) is 0 Å². The Hall–Kier alpha value is -0.730. The van der Waals surface area contributed by atoms with E-state index in [9.17, 15) is 5.11 Å². The van der Waals surface area contributed by atoms with E-state index in [0.717, 1.165) is 0 Å². The van der Waals surface area contributed by atoms with Gasteiger partial charge in [0.2, 0.25) is 0 Å². The lowest BCUT2D eigenvalue weighted by Gasteiger charge is -2.16. The summed E-state index contributed by atoms with van der Waals surface area (Å²) in [5, 5.41) is 12.4. The monoisotopic (exact) mass is 129 g/mol. The molecule has 0 amide bonds. The lowest BCUT2D eigenvalue weighted by Crippen LogP contribution is -2.26. The van der Waals surface area contributed by atoms with Crippen LogP contribution in [0, 0.1) is 0 Å². The number of aliphatic hydroxyl groups is 1. The molecule has 0 spiro atoms. The Morgan fingerprint density at radius 3 is 2.67 bits per heavy atom. The predicted molar refractivity (Wildman–Crippen MR) is 34.9 cm³/mol. The minimum atomic E-state index is -0.827. The van der Waals surface area contributed by atoms with E-state index in [1.807, 2.05) is 6.92 Å². The highest BCUT2D eigenvalue weighted by molar-refractivity contribution is 4.72. The molecule has 0 bridgehead atoms. The summed E-state index contributed by atoms with van der Waals surface area (Å²) in [4.78, 5) is 2.53. The normalized spacial score (nSPS) is 15.9. The second-order valence-electron chi connectivity index (χ2n) is 2.24. The maximum Gasteiger partial charge on any atom is 0.0673 e. The minimum Gasteiger partial charge on any atom is -0.390 e. The lowest BCUT2D eigenvalue weighted by atomic mass is 10.1. The van der Waals surface area contributed by atoms with E-state index in [1.54, 1.807) is 6.92 Å². The van der Waals surface area contributed by atoms with E-state index in [1.165, 1.54) is 0 Å². The topological polar surface area (TPSA) is 69.0 Å². The zero-order chi connectivity index (χ0) is 7.33. The van der Waals surface area contributed by atoms with Crippen molar-refractivity contribution < 1.29 is 5.11 Å². The Kier molecular flexibility index (Phi) is 3.06. The molecule has 1 atom stereocenters. The molecule has 0 aliphatic rings. The maximum absolute atomic E-state index is 9.19. The molecular formula is C5H11N3O. The molecule has 0 aromatic rings. The van der Waals surface area contributed by atoms with Gasteiger partial charge in [0.1, 0.15) is 0 Å². The van der Waals surface area contributed by atoms with Crippen LogP contribution >= 0.6 is 0 Å². The van der Waals surface area contributed by atoms with Crippen LogP contribution in [0.25, 0.3) is 10.4 Å². The molecule has 0 rings (SSSR count). The van der Waals surface area contributed by atoms with Crippen LogP contribution in [0.2, 0.25) is 0 Å². The molecule has 0 aromatic heterocycles. The summed E-state index contributed by atoms with van der Waals surface area (Å²) < 4.78 is 0. The Morgan fingerprint density at radius 1 is 1.78 bits per heavy atom. The largest absolute Gasteiger partial charge is 0.390 e. The van der Waals surface area contributed by atoms with Crippen LogP contribution in [0.5, 0.6) is 0 Å². The summed E-state index contributed by atoms with van der Waals surface area (Å²) in [6, 6.07) is 0. The number of hydrogen-bond acceptors (Lipinski definition) is 2. The molecule has 0 heterocycles. The third kappa shape index (κ3) is 3.82. The van der Waals surface area contributed by atoms with E-state index in [-0.39, 0.29) is 6.54 Å². The molecular weight excluding hydrogens is 118 g/mol. The number of nitrogens with zero attached hydrogens (tertiary/aromatic N) is 3. The molecule has 0 radical (unpaired) electrons.